The van der Waals surface area contributed by atoms with Crippen molar-refractivity contribution in [2.45, 2.75) is 97.0 Å². The molecule has 1 saturated carbocycles. The molecule has 1 nitrogen and oxygen atoms in total. The molecule has 0 aromatic heterocycles. The highest BCUT2D eigenvalue weighted by Gasteiger charge is 2.25. The number of hydrogen-bond acceptors (Lipinski definition) is 1. The third-order valence-electron chi connectivity index (χ3n) is 4.80. The molecule has 1 aliphatic rings. The first-order valence-corrected chi connectivity index (χ1v) is 8.46. The van der Waals surface area contributed by atoms with E-state index in [2.05, 4.69) is 13.8 Å². The van der Waals surface area contributed by atoms with Gasteiger partial charge in [0.05, 0.1) is 6.10 Å². The molecule has 0 radical (unpaired) electrons. The van der Waals surface area contributed by atoms with Crippen molar-refractivity contribution in [3.8, 4) is 0 Å². The van der Waals surface area contributed by atoms with Gasteiger partial charge in [-0.15, -0.1) is 0 Å². The lowest BCUT2D eigenvalue weighted by Crippen LogP contribution is -2.26. The zero-order valence-corrected chi connectivity index (χ0v) is 12.7. The summed E-state index contributed by atoms with van der Waals surface area (Å²) in [7, 11) is 0. The molecule has 0 bridgehead atoms. The van der Waals surface area contributed by atoms with Gasteiger partial charge in [-0.2, -0.15) is 0 Å². The molecule has 0 aliphatic heterocycles. The maximum Gasteiger partial charge on any atom is 0.0568 e. The van der Waals surface area contributed by atoms with Gasteiger partial charge in [-0.3, -0.25) is 0 Å². The van der Waals surface area contributed by atoms with Crippen LogP contribution in [0.1, 0.15) is 90.9 Å². The zero-order valence-electron chi connectivity index (χ0n) is 12.7. The van der Waals surface area contributed by atoms with Crippen molar-refractivity contribution < 1.29 is 5.11 Å². The predicted octanol–water partition coefficient (Wildman–Crippen LogP) is 5.31. The highest BCUT2D eigenvalue weighted by Crippen LogP contribution is 2.34. The molecule has 1 rings (SSSR count). The maximum atomic E-state index is 10.3. The average molecular weight is 254 g/mol. The minimum atomic E-state index is -0.00877. The second-order valence-electron chi connectivity index (χ2n) is 6.32. The lowest BCUT2D eigenvalue weighted by Gasteiger charge is -2.31. The normalized spacial score (nSPS) is 26.2. The first-order chi connectivity index (χ1) is 8.77. The Morgan fingerprint density at radius 2 is 1.72 bits per heavy atom. The van der Waals surface area contributed by atoms with Gasteiger partial charge in [-0.1, -0.05) is 71.6 Å². The van der Waals surface area contributed by atoms with Crippen molar-refractivity contribution in [3.63, 3.8) is 0 Å². The van der Waals surface area contributed by atoms with Crippen molar-refractivity contribution in [2.24, 2.45) is 11.8 Å². The summed E-state index contributed by atoms with van der Waals surface area (Å²) in [5, 5.41) is 10.3. The van der Waals surface area contributed by atoms with Gasteiger partial charge in [0.25, 0.3) is 0 Å². The Morgan fingerprint density at radius 1 is 1.00 bits per heavy atom. The molecule has 3 atom stereocenters. The first-order valence-electron chi connectivity index (χ1n) is 8.46. The van der Waals surface area contributed by atoms with Crippen LogP contribution in [0.25, 0.3) is 0 Å². The summed E-state index contributed by atoms with van der Waals surface area (Å²) in [4.78, 5) is 0. The van der Waals surface area contributed by atoms with Crippen LogP contribution in [0.4, 0.5) is 0 Å². The minimum Gasteiger partial charge on any atom is -0.393 e. The first kappa shape index (κ1) is 16.0. The van der Waals surface area contributed by atoms with Crippen molar-refractivity contribution in [1.82, 2.24) is 0 Å². The van der Waals surface area contributed by atoms with E-state index in [1.165, 1.54) is 70.6 Å². The van der Waals surface area contributed by atoms with Crippen LogP contribution in [0.15, 0.2) is 0 Å². The van der Waals surface area contributed by atoms with E-state index in [1.807, 2.05) is 0 Å². The van der Waals surface area contributed by atoms with E-state index in [9.17, 15) is 5.11 Å². The molecule has 1 aliphatic carbocycles. The monoisotopic (exact) mass is 254 g/mol. The SMILES string of the molecule is CCCCCCCCC(O)C1CCCC(CC)C1. The summed E-state index contributed by atoms with van der Waals surface area (Å²) < 4.78 is 0. The molecule has 0 aromatic carbocycles. The predicted molar refractivity (Wildman–Crippen MR) is 79.7 cm³/mol. The van der Waals surface area contributed by atoms with Gasteiger partial charge in [0.1, 0.15) is 0 Å². The van der Waals surface area contributed by atoms with Crippen molar-refractivity contribution in [3.05, 3.63) is 0 Å². The fourth-order valence-corrected chi connectivity index (χ4v) is 3.42. The molecular formula is C17H34O. The van der Waals surface area contributed by atoms with Crippen LogP contribution in [-0.4, -0.2) is 11.2 Å². The molecular weight excluding hydrogens is 220 g/mol. The third-order valence-corrected chi connectivity index (χ3v) is 4.80. The van der Waals surface area contributed by atoms with Gasteiger partial charge >= 0.3 is 0 Å². The largest absolute Gasteiger partial charge is 0.393 e. The Morgan fingerprint density at radius 3 is 2.44 bits per heavy atom. The van der Waals surface area contributed by atoms with Crippen LogP contribution in [0, 0.1) is 11.8 Å². The molecule has 0 spiro atoms. The van der Waals surface area contributed by atoms with Crippen LogP contribution in [0.2, 0.25) is 0 Å². The van der Waals surface area contributed by atoms with Crippen molar-refractivity contribution in [1.29, 1.82) is 0 Å². The summed E-state index contributed by atoms with van der Waals surface area (Å²) >= 11 is 0. The summed E-state index contributed by atoms with van der Waals surface area (Å²) in [5.74, 6) is 1.50. The van der Waals surface area contributed by atoms with E-state index < -0.39 is 0 Å². The average Bonchev–Trinajstić information content (AvgIpc) is 2.42. The minimum absolute atomic E-state index is 0.00877. The van der Waals surface area contributed by atoms with Gasteiger partial charge in [0, 0.05) is 0 Å². The number of aliphatic hydroxyl groups is 1. The lowest BCUT2D eigenvalue weighted by atomic mass is 9.77. The Balaban J connectivity index is 2.06. The van der Waals surface area contributed by atoms with Crippen molar-refractivity contribution in [2.75, 3.05) is 0 Å². The number of aliphatic hydroxyl groups excluding tert-OH is 1. The molecule has 0 saturated heterocycles. The molecule has 0 heterocycles. The Bertz CT molecular complexity index is 190. The summed E-state index contributed by atoms with van der Waals surface area (Å²) in [6.07, 6.45) is 15.6. The molecule has 108 valence electrons. The number of hydrogen-bond donors (Lipinski definition) is 1. The van der Waals surface area contributed by atoms with Crippen molar-refractivity contribution >= 4 is 0 Å². The highest BCUT2D eigenvalue weighted by atomic mass is 16.3. The summed E-state index contributed by atoms with van der Waals surface area (Å²) in [6.45, 7) is 4.56. The lowest BCUT2D eigenvalue weighted by molar-refractivity contribution is 0.0594. The fraction of sp³-hybridized carbons (Fsp3) is 1.00. The zero-order chi connectivity index (χ0) is 13.2. The molecule has 1 N–H and O–H groups in total. The van der Waals surface area contributed by atoms with Gasteiger partial charge in [0.2, 0.25) is 0 Å². The number of rotatable bonds is 9. The van der Waals surface area contributed by atoms with Crippen LogP contribution < -0.4 is 0 Å². The van der Waals surface area contributed by atoms with Gasteiger partial charge in [-0.05, 0) is 31.1 Å². The second kappa shape index (κ2) is 9.83. The van der Waals surface area contributed by atoms with Gasteiger partial charge < -0.3 is 5.11 Å². The Hall–Kier alpha value is -0.0400. The standard InChI is InChI=1S/C17H34O/c1-3-5-6-7-8-9-13-17(18)16-12-10-11-15(4-2)14-16/h15-18H,3-14H2,1-2H3. The van der Waals surface area contributed by atoms with Crippen LogP contribution in [-0.2, 0) is 0 Å². The maximum absolute atomic E-state index is 10.3. The van der Waals surface area contributed by atoms with E-state index in [-0.39, 0.29) is 6.10 Å². The Kier molecular flexibility index (Phi) is 8.75. The highest BCUT2D eigenvalue weighted by molar-refractivity contribution is 4.77. The van der Waals surface area contributed by atoms with Crippen LogP contribution in [0.5, 0.6) is 0 Å². The van der Waals surface area contributed by atoms with Gasteiger partial charge in [-0.25, -0.2) is 0 Å². The van der Waals surface area contributed by atoms with Gasteiger partial charge in [0.15, 0.2) is 0 Å². The molecule has 18 heavy (non-hydrogen) atoms. The van der Waals surface area contributed by atoms with E-state index in [4.69, 9.17) is 0 Å². The van der Waals surface area contributed by atoms with Crippen LogP contribution >= 0.6 is 0 Å². The molecule has 1 fully saturated rings. The molecule has 3 unspecified atom stereocenters. The summed E-state index contributed by atoms with van der Waals surface area (Å²) in [6, 6.07) is 0. The molecule has 0 amide bonds. The van der Waals surface area contributed by atoms with E-state index in [1.54, 1.807) is 0 Å². The number of unbranched alkanes of at least 4 members (excludes halogenated alkanes) is 5. The molecule has 1 heteroatoms. The fourth-order valence-electron chi connectivity index (χ4n) is 3.42. The Labute approximate surface area is 114 Å². The topological polar surface area (TPSA) is 20.2 Å². The smallest absolute Gasteiger partial charge is 0.0568 e. The van der Waals surface area contributed by atoms with E-state index in [0.29, 0.717) is 5.92 Å². The van der Waals surface area contributed by atoms with Crippen LogP contribution in [0.3, 0.4) is 0 Å². The third kappa shape index (κ3) is 6.22. The summed E-state index contributed by atoms with van der Waals surface area (Å²) in [5.41, 5.74) is 0. The molecule has 0 aromatic rings. The van der Waals surface area contributed by atoms with E-state index >= 15 is 0 Å². The van der Waals surface area contributed by atoms with E-state index in [0.717, 1.165) is 12.3 Å². The quantitative estimate of drug-likeness (QED) is 0.552. The second-order valence-corrected chi connectivity index (χ2v) is 6.32.